The van der Waals surface area contributed by atoms with Crippen molar-refractivity contribution in [2.45, 2.75) is 30.8 Å². The van der Waals surface area contributed by atoms with Crippen molar-refractivity contribution in [1.82, 2.24) is 15.2 Å². The number of aliphatic imine (C=N–C) groups is 1. The predicted molar refractivity (Wildman–Crippen MR) is 122 cm³/mol. The average molecular weight is 529 g/mol. The molecule has 2 unspecified atom stereocenters. The molecule has 186 valence electrons. The standard InChI is InChI=1S/C22H20ClF3N4O4S/c1-34-21(33)16-14(9-30-10-22(25,26)5-4-15(30)20(31)32)28-18(19-27-6-7-35-19)29-17(16)12-3-2-11(24)8-13(12)23/h2-3,6-8,15,17H,4-5,9-10H2,1H3,(H,28,29)(H,31,32). The summed E-state index contributed by atoms with van der Waals surface area (Å²) in [6.07, 6.45) is 0.717. The van der Waals surface area contributed by atoms with Gasteiger partial charge in [0.2, 0.25) is 0 Å². The molecule has 2 aliphatic heterocycles. The number of hydrogen-bond donors (Lipinski definition) is 2. The highest BCUT2D eigenvalue weighted by molar-refractivity contribution is 7.11. The van der Waals surface area contributed by atoms with Crippen LogP contribution in [0.3, 0.4) is 0 Å². The molecule has 0 aliphatic carbocycles. The summed E-state index contributed by atoms with van der Waals surface area (Å²) in [6, 6.07) is 1.32. The second-order valence-corrected chi connectivity index (χ2v) is 9.35. The number of rotatable bonds is 6. The summed E-state index contributed by atoms with van der Waals surface area (Å²) in [5, 5.41) is 14.7. The number of carbonyl (C=O) groups excluding carboxylic acids is 1. The Bertz CT molecular complexity index is 1210. The fourth-order valence-electron chi connectivity index (χ4n) is 4.13. The second-order valence-electron chi connectivity index (χ2n) is 8.05. The van der Waals surface area contributed by atoms with Gasteiger partial charge in [0.05, 0.1) is 19.2 Å². The molecule has 1 saturated heterocycles. The highest BCUT2D eigenvalue weighted by Gasteiger charge is 2.44. The minimum atomic E-state index is -3.10. The van der Waals surface area contributed by atoms with Gasteiger partial charge in [0.25, 0.3) is 5.92 Å². The maximum Gasteiger partial charge on any atom is 0.338 e. The van der Waals surface area contributed by atoms with Gasteiger partial charge >= 0.3 is 11.9 Å². The molecule has 1 aromatic heterocycles. The number of hydrogen-bond acceptors (Lipinski definition) is 8. The summed E-state index contributed by atoms with van der Waals surface area (Å²) >= 11 is 7.52. The number of benzene rings is 1. The Morgan fingerprint density at radius 1 is 1.40 bits per heavy atom. The van der Waals surface area contributed by atoms with Gasteiger partial charge < -0.3 is 15.2 Å². The SMILES string of the molecule is COC(=O)C1=C(CN2CC(F)(F)CCC2C(=O)O)NC(c2nccs2)=NC1c1ccc(F)cc1Cl. The molecule has 4 rings (SSSR count). The molecule has 0 bridgehead atoms. The van der Waals surface area contributed by atoms with Crippen LogP contribution in [0.1, 0.15) is 29.5 Å². The maximum absolute atomic E-state index is 14.3. The molecule has 13 heteroatoms. The number of esters is 1. The minimum absolute atomic E-state index is 0.00666. The Morgan fingerprint density at radius 3 is 2.80 bits per heavy atom. The van der Waals surface area contributed by atoms with Crippen LogP contribution in [0.2, 0.25) is 5.02 Å². The monoisotopic (exact) mass is 528 g/mol. The van der Waals surface area contributed by atoms with Crippen LogP contribution in [0.15, 0.2) is 46.0 Å². The molecule has 35 heavy (non-hydrogen) atoms. The number of nitrogens with one attached hydrogen (secondary N) is 1. The van der Waals surface area contributed by atoms with Crippen molar-refractivity contribution in [3.63, 3.8) is 0 Å². The van der Waals surface area contributed by atoms with E-state index in [1.54, 1.807) is 5.38 Å². The smallest absolute Gasteiger partial charge is 0.338 e. The molecule has 2 aliphatic rings. The molecule has 0 saturated carbocycles. The third-order valence-corrected chi connectivity index (χ3v) is 6.84. The molecule has 3 heterocycles. The van der Waals surface area contributed by atoms with Crippen LogP contribution in [-0.2, 0) is 14.3 Å². The second kappa shape index (κ2) is 9.96. The number of alkyl halides is 2. The Balaban J connectivity index is 1.84. The van der Waals surface area contributed by atoms with Gasteiger partial charge in [-0.05, 0) is 18.6 Å². The lowest BCUT2D eigenvalue weighted by Crippen LogP contribution is -2.54. The first kappa shape index (κ1) is 25.1. The van der Waals surface area contributed by atoms with Crippen molar-refractivity contribution in [3.8, 4) is 0 Å². The lowest BCUT2D eigenvalue weighted by Gasteiger charge is -2.38. The van der Waals surface area contributed by atoms with Crippen LogP contribution < -0.4 is 5.32 Å². The summed E-state index contributed by atoms with van der Waals surface area (Å²) in [5.41, 5.74) is 0.339. The minimum Gasteiger partial charge on any atom is -0.480 e. The van der Waals surface area contributed by atoms with Gasteiger partial charge in [0.1, 0.15) is 17.9 Å². The fourth-order valence-corrected chi connectivity index (χ4v) is 4.99. The number of carboxylic acid groups (broad SMARTS) is 1. The van der Waals surface area contributed by atoms with Crippen molar-refractivity contribution in [2.75, 3.05) is 20.2 Å². The van der Waals surface area contributed by atoms with E-state index in [2.05, 4.69) is 15.3 Å². The number of methoxy groups -OCH3 is 1. The van der Waals surface area contributed by atoms with E-state index in [-0.39, 0.29) is 40.7 Å². The van der Waals surface area contributed by atoms with Crippen molar-refractivity contribution in [2.24, 2.45) is 4.99 Å². The number of piperidine rings is 1. The largest absolute Gasteiger partial charge is 0.480 e. The van der Waals surface area contributed by atoms with Crippen LogP contribution in [0.25, 0.3) is 0 Å². The molecular weight excluding hydrogens is 509 g/mol. The molecule has 1 fully saturated rings. The van der Waals surface area contributed by atoms with E-state index in [1.165, 1.54) is 23.6 Å². The third kappa shape index (κ3) is 5.34. The van der Waals surface area contributed by atoms with E-state index in [9.17, 15) is 27.9 Å². The maximum atomic E-state index is 14.3. The van der Waals surface area contributed by atoms with Gasteiger partial charge in [-0.1, -0.05) is 17.7 Å². The lowest BCUT2D eigenvalue weighted by molar-refractivity contribution is -0.151. The number of nitrogens with zero attached hydrogens (tertiary/aromatic N) is 3. The number of aromatic nitrogens is 1. The molecule has 2 aromatic rings. The molecule has 0 radical (unpaired) electrons. The van der Waals surface area contributed by atoms with Gasteiger partial charge in [-0.3, -0.25) is 14.7 Å². The van der Waals surface area contributed by atoms with Crippen LogP contribution in [-0.4, -0.2) is 64.9 Å². The number of halogens is 4. The van der Waals surface area contributed by atoms with Gasteiger partial charge in [0, 0.05) is 40.8 Å². The number of likely N-dealkylation sites (tertiary alicyclic amines) is 1. The number of carbonyl (C=O) groups is 2. The van der Waals surface area contributed by atoms with Crippen LogP contribution in [0.4, 0.5) is 13.2 Å². The fraction of sp³-hybridized carbons (Fsp3) is 0.364. The topological polar surface area (TPSA) is 104 Å². The number of aliphatic carboxylic acids is 1. The summed E-state index contributed by atoms with van der Waals surface area (Å²) in [6.45, 7) is -1.15. The number of amidine groups is 1. The quantitative estimate of drug-likeness (QED) is 0.552. The summed E-state index contributed by atoms with van der Waals surface area (Å²) in [7, 11) is 1.14. The van der Waals surface area contributed by atoms with Crippen molar-refractivity contribution >= 4 is 40.7 Å². The van der Waals surface area contributed by atoms with E-state index < -0.39 is 48.7 Å². The molecule has 1 aromatic carbocycles. The molecule has 0 amide bonds. The van der Waals surface area contributed by atoms with Crippen molar-refractivity contribution in [1.29, 1.82) is 0 Å². The first-order chi connectivity index (χ1) is 16.6. The Morgan fingerprint density at radius 2 is 2.17 bits per heavy atom. The molecule has 2 N–H and O–H groups in total. The summed E-state index contributed by atoms with van der Waals surface area (Å²) in [5.74, 6) is -5.54. The van der Waals surface area contributed by atoms with E-state index >= 15 is 0 Å². The first-order valence-corrected chi connectivity index (χ1v) is 11.7. The van der Waals surface area contributed by atoms with E-state index in [4.69, 9.17) is 16.3 Å². The molecule has 2 atom stereocenters. The number of ether oxygens (including phenoxy) is 1. The van der Waals surface area contributed by atoms with Crippen molar-refractivity contribution < 1.29 is 32.6 Å². The molecule has 0 spiro atoms. The summed E-state index contributed by atoms with van der Waals surface area (Å²) < 4.78 is 47.2. The predicted octanol–water partition coefficient (Wildman–Crippen LogP) is 3.64. The van der Waals surface area contributed by atoms with E-state index in [0.717, 1.165) is 24.1 Å². The first-order valence-electron chi connectivity index (χ1n) is 10.5. The number of thiazole rings is 1. The normalized spacial score (nSPS) is 22.4. The third-order valence-electron chi connectivity index (χ3n) is 5.73. The zero-order valence-corrected chi connectivity index (χ0v) is 19.9. The van der Waals surface area contributed by atoms with Gasteiger partial charge in [-0.15, -0.1) is 11.3 Å². The molecular formula is C22H20ClF3N4O4S. The van der Waals surface area contributed by atoms with Gasteiger partial charge in [0.15, 0.2) is 10.8 Å². The lowest BCUT2D eigenvalue weighted by atomic mass is 9.94. The Kier molecular flexibility index (Phi) is 7.15. The highest BCUT2D eigenvalue weighted by Crippen LogP contribution is 2.38. The van der Waals surface area contributed by atoms with Crippen LogP contribution >= 0.6 is 22.9 Å². The summed E-state index contributed by atoms with van der Waals surface area (Å²) in [4.78, 5) is 34.6. The van der Waals surface area contributed by atoms with Crippen LogP contribution in [0.5, 0.6) is 0 Å². The van der Waals surface area contributed by atoms with E-state index in [0.29, 0.717) is 5.01 Å². The average Bonchev–Trinajstić information content (AvgIpc) is 3.32. The highest BCUT2D eigenvalue weighted by atomic mass is 35.5. The van der Waals surface area contributed by atoms with Gasteiger partial charge in [-0.25, -0.2) is 22.9 Å². The number of carboxylic acids is 1. The Labute approximate surface area is 207 Å². The zero-order valence-electron chi connectivity index (χ0n) is 18.3. The molecule has 8 nitrogen and oxygen atoms in total. The van der Waals surface area contributed by atoms with Gasteiger partial charge in [-0.2, -0.15) is 0 Å². The Hall–Kier alpha value is -2.96. The van der Waals surface area contributed by atoms with Crippen molar-refractivity contribution in [3.05, 3.63) is 62.5 Å². The van der Waals surface area contributed by atoms with E-state index in [1.807, 2.05) is 0 Å². The zero-order chi connectivity index (χ0) is 25.3. The van der Waals surface area contributed by atoms with Crippen LogP contribution in [0, 0.1) is 5.82 Å².